The summed E-state index contributed by atoms with van der Waals surface area (Å²) in [5, 5.41) is 0. The summed E-state index contributed by atoms with van der Waals surface area (Å²) in [6, 6.07) is 16.1. The molecule has 0 bridgehead atoms. The number of ether oxygens (including phenoxy) is 1. The van der Waals surface area contributed by atoms with Gasteiger partial charge in [0.2, 0.25) is 0 Å². The number of nitrogens with one attached hydrogen (secondary N) is 1. The summed E-state index contributed by atoms with van der Waals surface area (Å²) in [7, 11) is 0. The molecule has 32 heavy (non-hydrogen) atoms. The van der Waals surface area contributed by atoms with Crippen LogP contribution in [-0.4, -0.2) is 16.2 Å². The van der Waals surface area contributed by atoms with Crippen molar-refractivity contribution in [1.29, 1.82) is 0 Å². The lowest BCUT2D eigenvalue weighted by molar-refractivity contribution is 0.0911. The monoisotopic (exact) mass is 430 g/mol. The maximum Gasteiger partial charge on any atom is 0.330 e. The van der Waals surface area contributed by atoms with E-state index in [1.165, 1.54) is 4.57 Å². The summed E-state index contributed by atoms with van der Waals surface area (Å²) in [4.78, 5) is 27.7. The first-order chi connectivity index (χ1) is 15.3. The second kappa shape index (κ2) is 10.2. The summed E-state index contributed by atoms with van der Waals surface area (Å²) in [6.45, 7) is 12.5. The van der Waals surface area contributed by atoms with Crippen LogP contribution in [0.2, 0.25) is 0 Å². The normalized spacial score (nSPS) is 11.6. The number of aromatic nitrogens is 2. The molecule has 0 unspecified atom stereocenters. The molecule has 1 aromatic heterocycles. The number of hydrogen-bond donors (Lipinski definition) is 1. The number of benzene rings is 2. The van der Waals surface area contributed by atoms with Gasteiger partial charge in [-0.3, -0.25) is 14.3 Å². The molecule has 0 radical (unpaired) electrons. The Morgan fingerprint density at radius 1 is 1.09 bits per heavy atom. The molecule has 0 saturated heterocycles. The van der Waals surface area contributed by atoms with Crippen LogP contribution in [-0.2, 0) is 17.9 Å². The molecule has 2 aromatic carbocycles. The summed E-state index contributed by atoms with van der Waals surface area (Å²) in [5.41, 5.74) is 5.99. The fourth-order valence-corrected chi connectivity index (χ4v) is 3.87. The highest BCUT2D eigenvalue weighted by molar-refractivity contribution is 5.78. The second-order valence-corrected chi connectivity index (χ2v) is 8.10. The molecule has 5 heteroatoms. The van der Waals surface area contributed by atoms with Gasteiger partial charge < -0.3 is 4.74 Å². The van der Waals surface area contributed by atoms with Crippen LogP contribution in [0.5, 0.6) is 0 Å². The van der Waals surface area contributed by atoms with Crippen LogP contribution in [0, 0.1) is 13.8 Å². The van der Waals surface area contributed by atoms with Crippen LogP contribution in [0.3, 0.4) is 0 Å². The quantitative estimate of drug-likeness (QED) is 0.555. The average molecular weight is 431 g/mol. The van der Waals surface area contributed by atoms with Crippen LogP contribution in [0.1, 0.15) is 47.4 Å². The van der Waals surface area contributed by atoms with Crippen LogP contribution in [0.4, 0.5) is 0 Å². The highest BCUT2D eigenvalue weighted by Crippen LogP contribution is 2.25. The van der Waals surface area contributed by atoms with Crippen molar-refractivity contribution in [3.05, 3.63) is 115 Å². The van der Waals surface area contributed by atoms with E-state index >= 15 is 0 Å². The van der Waals surface area contributed by atoms with Gasteiger partial charge in [0, 0.05) is 5.56 Å². The van der Waals surface area contributed by atoms with E-state index in [0.717, 1.165) is 27.8 Å². The number of aromatic amines is 1. The zero-order valence-electron chi connectivity index (χ0n) is 19.2. The maximum absolute atomic E-state index is 12.7. The highest BCUT2D eigenvalue weighted by atomic mass is 16.5. The fraction of sp³-hybridized carbons (Fsp3) is 0.259. The third-order valence-corrected chi connectivity index (χ3v) is 5.27. The zero-order valence-corrected chi connectivity index (χ0v) is 19.2. The van der Waals surface area contributed by atoms with Crippen LogP contribution >= 0.6 is 0 Å². The standard InChI is InChI=1S/C27H30N2O3/c1-6-24-25(21(5)23-14-18(2)12-19(3)15-23)29(27(31)28-26(24)30)17-32-16-20(4)13-22-10-8-7-9-11-22/h7-15H,5-6,16-17H2,1-4H3,(H,28,30,31)/b20-13+. The lowest BCUT2D eigenvalue weighted by Crippen LogP contribution is -2.36. The molecule has 0 aliphatic heterocycles. The number of nitrogens with zero attached hydrogens (tertiary/aromatic N) is 1. The predicted molar refractivity (Wildman–Crippen MR) is 131 cm³/mol. The van der Waals surface area contributed by atoms with E-state index in [1.807, 2.05) is 76.2 Å². The Labute approximate surface area is 188 Å². The van der Waals surface area contributed by atoms with Gasteiger partial charge in [-0.15, -0.1) is 0 Å². The first-order valence-corrected chi connectivity index (χ1v) is 10.7. The molecule has 0 aliphatic carbocycles. The molecular formula is C27H30N2O3. The topological polar surface area (TPSA) is 64.1 Å². The van der Waals surface area contributed by atoms with Crippen molar-refractivity contribution in [2.45, 2.75) is 40.8 Å². The third-order valence-electron chi connectivity index (χ3n) is 5.27. The summed E-state index contributed by atoms with van der Waals surface area (Å²) in [6.07, 6.45) is 2.52. The Hall–Kier alpha value is -3.44. The predicted octanol–water partition coefficient (Wildman–Crippen LogP) is 4.85. The Balaban J connectivity index is 1.94. The number of hydrogen-bond acceptors (Lipinski definition) is 3. The van der Waals surface area contributed by atoms with Gasteiger partial charge in [-0.1, -0.05) is 79.2 Å². The zero-order chi connectivity index (χ0) is 23.3. The van der Waals surface area contributed by atoms with E-state index in [0.29, 0.717) is 29.9 Å². The van der Waals surface area contributed by atoms with E-state index in [9.17, 15) is 9.59 Å². The molecule has 0 spiro atoms. The van der Waals surface area contributed by atoms with Crippen molar-refractivity contribution in [1.82, 2.24) is 9.55 Å². The SMILES string of the molecule is C=C(c1cc(C)cc(C)c1)c1c(CC)c(=O)[nH]c(=O)n1COC/C(C)=C/c1ccccc1. The minimum Gasteiger partial charge on any atom is -0.356 e. The summed E-state index contributed by atoms with van der Waals surface area (Å²) >= 11 is 0. The molecule has 0 amide bonds. The van der Waals surface area contributed by atoms with Crippen molar-refractivity contribution in [2.75, 3.05) is 6.61 Å². The molecule has 0 fully saturated rings. The Morgan fingerprint density at radius 3 is 2.38 bits per heavy atom. The van der Waals surface area contributed by atoms with Gasteiger partial charge in [0.15, 0.2) is 0 Å². The van der Waals surface area contributed by atoms with Gasteiger partial charge in [0.05, 0.1) is 12.3 Å². The lowest BCUT2D eigenvalue weighted by Gasteiger charge is -2.18. The fourth-order valence-electron chi connectivity index (χ4n) is 3.87. The molecule has 0 atom stereocenters. The first kappa shape index (κ1) is 23.2. The molecule has 3 rings (SSSR count). The second-order valence-electron chi connectivity index (χ2n) is 8.10. The van der Waals surface area contributed by atoms with Crippen LogP contribution in [0.15, 0.2) is 70.3 Å². The highest BCUT2D eigenvalue weighted by Gasteiger charge is 2.18. The molecular weight excluding hydrogens is 400 g/mol. The van der Waals surface area contributed by atoms with Gasteiger partial charge >= 0.3 is 5.69 Å². The molecule has 1 N–H and O–H groups in total. The van der Waals surface area contributed by atoms with Crippen molar-refractivity contribution < 1.29 is 4.74 Å². The van der Waals surface area contributed by atoms with E-state index in [2.05, 4.69) is 17.6 Å². The maximum atomic E-state index is 12.7. The van der Waals surface area contributed by atoms with Crippen molar-refractivity contribution >= 4 is 11.6 Å². The van der Waals surface area contributed by atoms with E-state index in [-0.39, 0.29) is 12.3 Å². The van der Waals surface area contributed by atoms with Crippen LogP contribution < -0.4 is 11.2 Å². The van der Waals surface area contributed by atoms with E-state index in [4.69, 9.17) is 4.74 Å². The Morgan fingerprint density at radius 2 is 1.75 bits per heavy atom. The lowest BCUT2D eigenvalue weighted by atomic mass is 9.96. The van der Waals surface area contributed by atoms with Gasteiger partial charge in [-0.2, -0.15) is 0 Å². The van der Waals surface area contributed by atoms with Crippen molar-refractivity contribution in [3.63, 3.8) is 0 Å². The minimum atomic E-state index is -0.502. The summed E-state index contributed by atoms with van der Waals surface area (Å²) in [5.74, 6) is 0. The third kappa shape index (κ3) is 5.42. The largest absolute Gasteiger partial charge is 0.356 e. The number of aryl methyl sites for hydroxylation is 2. The smallest absolute Gasteiger partial charge is 0.330 e. The van der Waals surface area contributed by atoms with Crippen molar-refractivity contribution in [3.8, 4) is 0 Å². The molecule has 0 aliphatic rings. The van der Waals surface area contributed by atoms with Gasteiger partial charge in [0.25, 0.3) is 5.56 Å². The van der Waals surface area contributed by atoms with Crippen LogP contribution in [0.25, 0.3) is 11.6 Å². The molecule has 1 heterocycles. The Bertz CT molecular complexity index is 1240. The Kier molecular flexibility index (Phi) is 7.44. The van der Waals surface area contributed by atoms with E-state index < -0.39 is 5.69 Å². The van der Waals surface area contributed by atoms with Gasteiger partial charge in [-0.25, -0.2) is 4.79 Å². The van der Waals surface area contributed by atoms with Gasteiger partial charge in [0.1, 0.15) is 6.73 Å². The first-order valence-electron chi connectivity index (χ1n) is 10.7. The van der Waals surface area contributed by atoms with E-state index in [1.54, 1.807) is 0 Å². The molecule has 3 aromatic rings. The van der Waals surface area contributed by atoms with Crippen molar-refractivity contribution in [2.24, 2.45) is 0 Å². The number of rotatable bonds is 8. The molecule has 166 valence electrons. The van der Waals surface area contributed by atoms with Gasteiger partial charge in [-0.05, 0) is 49.5 Å². The molecule has 5 nitrogen and oxygen atoms in total. The average Bonchev–Trinajstić information content (AvgIpc) is 2.74. The minimum absolute atomic E-state index is 0.0156. The summed E-state index contributed by atoms with van der Waals surface area (Å²) < 4.78 is 7.35. The number of H-pyrrole nitrogens is 1. The molecule has 0 saturated carbocycles.